The van der Waals surface area contributed by atoms with E-state index < -0.39 is 11.8 Å². The van der Waals surface area contributed by atoms with Crippen LogP contribution in [-0.4, -0.2) is 31.0 Å². The smallest absolute Gasteiger partial charge is 0.316 e. The van der Waals surface area contributed by atoms with Crippen molar-refractivity contribution in [1.82, 2.24) is 5.32 Å². The molecule has 88 valence electrons. The molecule has 17 heavy (non-hydrogen) atoms. The first-order chi connectivity index (χ1) is 8.27. The van der Waals surface area contributed by atoms with Crippen LogP contribution >= 0.6 is 0 Å². The molecule has 2 amide bonds. The van der Waals surface area contributed by atoms with Crippen molar-refractivity contribution in [3.8, 4) is 0 Å². The number of ether oxygens (including phenoxy) is 1. The third-order valence-corrected chi connectivity index (χ3v) is 3.10. The number of anilines is 1. The Morgan fingerprint density at radius 2 is 2.12 bits per heavy atom. The van der Waals surface area contributed by atoms with E-state index in [-0.39, 0.29) is 6.04 Å². The molecule has 0 aromatic heterocycles. The van der Waals surface area contributed by atoms with Gasteiger partial charge in [0, 0.05) is 12.1 Å². The first-order valence-corrected chi connectivity index (χ1v) is 5.54. The molecule has 1 saturated heterocycles. The molecule has 5 nitrogen and oxygen atoms in total. The van der Waals surface area contributed by atoms with Crippen LogP contribution in [0, 0.1) is 0 Å². The monoisotopic (exact) mass is 232 g/mol. The Hall–Kier alpha value is -1.88. The van der Waals surface area contributed by atoms with E-state index in [9.17, 15) is 9.59 Å². The van der Waals surface area contributed by atoms with Crippen LogP contribution in [0.15, 0.2) is 24.3 Å². The lowest BCUT2D eigenvalue weighted by molar-refractivity contribution is -0.139. The molecule has 5 heteroatoms. The number of piperazine rings is 1. The van der Waals surface area contributed by atoms with Gasteiger partial charge >= 0.3 is 11.8 Å². The number of hydrogen-bond donors (Lipinski definition) is 1. The molecule has 1 aromatic carbocycles. The highest BCUT2D eigenvalue weighted by molar-refractivity contribution is 6.41. The van der Waals surface area contributed by atoms with Crippen LogP contribution in [0.3, 0.4) is 0 Å². The van der Waals surface area contributed by atoms with Crippen molar-refractivity contribution in [2.24, 2.45) is 0 Å². The first kappa shape index (κ1) is 10.3. The van der Waals surface area contributed by atoms with E-state index in [0.717, 1.165) is 11.3 Å². The fraction of sp³-hybridized carbons (Fsp3) is 0.333. The number of carbonyl (C=O) groups excluding carboxylic acids is 2. The summed E-state index contributed by atoms with van der Waals surface area (Å²) < 4.78 is 5.53. The second kappa shape index (κ2) is 3.85. The number of hydrogen-bond acceptors (Lipinski definition) is 3. The van der Waals surface area contributed by atoms with Gasteiger partial charge in [-0.2, -0.15) is 0 Å². The lowest BCUT2D eigenvalue weighted by atomic mass is 10.1. The Labute approximate surface area is 98.4 Å². The molecular formula is C12H12N2O3. The molecule has 3 rings (SSSR count). The molecule has 0 spiro atoms. The zero-order valence-corrected chi connectivity index (χ0v) is 9.18. The second-order valence-corrected chi connectivity index (χ2v) is 4.18. The van der Waals surface area contributed by atoms with E-state index in [4.69, 9.17) is 4.74 Å². The fourth-order valence-corrected chi connectivity index (χ4v) is 2.27. The highest BCUT2D eigenvalue weighted by Crippen LogP contribution is 2.27. The van der Waals surface area contributed by atoms with Crippen molar-refractivity contribution in [3.63, 3.8) is 0 Å². The van der Waals surface area contributed by atoms with Crippen molar-refractivity contribution in [2.45, 2.75) is 12.6 Å². The molecule has 2 aliphatic rings. The Balaban J connectivity index is 2.09. The Morgan fingerprint density at radius 3 is 3.00 bits per heavy atom. The van der Waals surface area contributed by atoms with Gasteiger partial charge in [0.25, 0.3) is 0 Å². The normalized spacial score (nSPS) is 23.5. The summed E-state index contributed by atoms with van der Waals surface area (Å²) in [7, 11) is 0. The van der Waals surface area contributed by atoms with Crippen LogP contribution in [0.4, 0.5) is 5.69 Å². The van der Waals surface area contributed by atoms with Gasteiger partial charge in [0.1, 0.15) is 0 Å². The van der Waals surface area contributed by atoms with Gasteiger partial charge in [-0.05, 0) is 6.07 Å². The van der Waals surface area contributed by atoms with Gasteiger partial charge in [0.05, 0.1) is 24.9 Å². The minimum atomic E-state index is -0.544. The van der Waals surface area contributed by atoms with E-state index in [1.54, 1.807) is 4.90 Å². The third-order valence-electron chi connectivity index (χ3n) is 3.10. The van der Waals surface area contributed by atoms with Crippen molar-refractivity contribution >= 4 is 17.5 Å². The van der Waals surface area contributed by atoms with Crippen molar-refractivity contribution in [3.05, 3.63) is 29.8 Å². The molecule has 0 aliphatic carbocycles. The predicted octanol–water partition coefficient (Wildman–Crippen LogP) is 0.0482. The average Bonchev–Trinajstić information content (AvgIpc) is 2.53. The Kier molecular flexibility index (Phi) is 2.33. The molecule has 1 N–H and O–H groups in total. The SMILES string of the molecule is O=C1NCC2COCc3ccccc3N2C1=O. The lowest BCUT2D eigenvalue weighted by Crippen LogP contribution is -2.59. The van der Waals surface area contributed by atoms with E-state index >= 15 is 0 Å². The van der Waals surface area contributed by atoms with E-state index in [1.807, 2.05) is 24.3 Å². The largest absolute Gasteiger partial charge is 0.374 e. The molecule has 0 bridgehead atoms. The predicted molar refractivity (Wildman–Crippen MR) is 60.4 cm³/mol. The second-order valence-electron chi connectivity index (χ2n) is 4.18. The number of para-hydroxylation sites is 1. The highest BCUT2D eigenvalue weighted by Gasteiger charge is 2.37. The van der Waals surface area contributed by atoms with Gasteiger partial charge in [0.2, 0.25) is 0 Å². The van der Waals surface area contributed by atoms with Gasteiger partial charge < -0.3 is 10.1 Å². The summed E-state index contributed by atoms with van der Waals surface area (Å²) in [6.07, 6.45) is 0. The van der Waals surface area contributed by atoms with Crippen molar-refractivity contribution < 1.29 is 14.3 Å². The molecular weight excluding hydrogens is 220 g/mol. The average molecular weight is 232 g/mol. The number of carbonyl (C=O) groups is 2. The van der Waals surface area contributed by atoms with Crippen LogP contribution in [0.25, 0.3) is 0 Å². The molecule has 1 unspecified atom stereocenters. The number of nitrogens with one attached hydrogen (secondary N) is 1. The number of nitrogens with zero attached hydrogens (tertiary/aromatic N) is 1. The van der Waals surface area contributed by atoms with Gasteiger partial charge in [0.15, 0.2) is 0 Å². The summed E-state index contributed by atoms with van der Waals surface area (Å²) in [5.41, 5.74) is 1.73. The van der Waals surface area contributed by atoms with Crippen LogP contribution in [-0.2, 0) is 20.9 Å². The van der Waals surface area contributed by atoms with Crippen molar-refractivity contribution in [2.75, 3.05) is 18.1 Å². The zero-order valence-electron chi connectivity index (χ0n) is 9.18. The number of amides is 2. The molecule has 1 aromatic rings. The topological polar surface area (TPSA) is 58.6 Å². The maximum atomic E-state index is 11.9. The summed E-state index contributed by atoms with van der Waals surface area (Å²) >= 11 is 0. The summed E-state index contributed by atoms with van der Waals surface area (Å²) in [4.78, 5) is 24.9. The molecule has 1 fully saturated rings. The summed E-state index contributed by atoms with van der Waals surface area (Å²) in [6.45, 7) is 1.37. The standard InChI is InChI=1S/C12H12N2O3/c15-11-12(16)14-9(5-13-11)7-17-6-8-3-1-2-4-10(8)14/h1-4,9H,5-7H2,(H,13,15). The molecule has 0 radical (unpaired) electrons. The van der Waals surface area contributed by atoms with Crippen LogP contribution in [0.5, 0.6) is 0 Å². The van der Waals surface area contributed by atoms with Gasteiger partial charge in [-0.25, -0.2) is 0 Å². The van der Waals surface area contributed by atoms with E-state index in [1.165, 1.54) is 0 Å². The summed E-state index contributed by atoms with van der Waals surface area (Å²) in [5.74, 6) is -1.04. The third kappa shape index (κ3) is 1.59. The minimum absolute atomic E-state index is 0.108. The Morgan fingerprint density at radius 1 is 1.29 bits per heavy atom. The fourth-order valence-electron chi connectivity index (χ4n) is 2.27. The molecule has 0 saturated carbocycles. The van der Waals surface area contributed by atoms with Gasteiger partial charge in [-0.1, -0.05) is 18.2 Å². The van der Waals surface area contributed by atoms with Gasteiger partial charge in [-0.3, -0.25) is 14.5 Å². The number of rotatable bonds is 0. The highest BCUT2D eigenvalue weighted by atomic mass is 16.5. The number of benzene rings is 1. The summed E-state index contributed by atoms with van der Waals surface area (Å²) in [5, 5.41) is 2.58. The van der Waals surface area contributed by atoms with Crippen molar-refractivity contribution in [1.29, 1.82) is 0 Å². The minimum Gasteiger partial charge on any atom is -0.374 e. The summed E-state index contributed by atoms with van der Waals surface area (Å²) in [6, 6.07) is 7.42. The number of fused-ring (bicyclic) bond motifs is 3. The maximum Gasteiger partial charge on any atom is 0.316 e. The quantitative estimate of drug-likeness (QED) is 0.643. The molecule has 2 aliphatic heterocycles. The Bertz CT molecular complexity index is 486. The zero-order chi connectivity index (χ0) is 11.8. The van der Waals surface area contributed by atoms with Crippen LogP contribution in [0.1, 0.15) is 5.56 Å². The maximum absolute atomic E-state index is 11.9. The van der Waals surface area contributed by atoms with Crippen LogP contribution in [0.2, 0.25) is 0 Å². The van der Waals surface area contributed by atoms with E-state index in [2.05, 4.69) is 5.32 Å². The van der Waals surface area contributed by atoms with Gasteiger partial charge in [-0.15, -0.1) is 0 Å². The molecule has 1 atom stereocenters. The first-order valence-electron chi connectivity index (χ1n) is 5.54. The lowest BCUT2D eigenvalue weighted by Gasteiger charge is -2.33. The van der Waals surface area contributed by atoms with Crippen LogP contribution < -0.4 is 10.2 Å². The molecule has 2 heterocycles. The van der Waals surface area contributed by atoms with E-state index in [0.29, 0.717) is 19.8 Å².